The minimum Gasteiger partial charge on any atom is -0.293 e. The summed E-state index contributed by atoms with van der Waals surface area (Å²) in [6, 6.07) is 5.09. The van der Waals surface area contributed by atoms with Crippen LogP contribution in [-0.4, -0.2) is 22.5 Å². The zero-order valence-electron chi connectivity index (χ0n) is 10.5. The Morgan fingerprint density at radius 3 is 2.88 bits per heavy atom. The average molecular weight is 230 g/mol. The van der Waals surface area contributed by atoms with Gasteiger partial charge >= 0.3 is 0 Å². The van der Waals surface area contributed by atoms with Crippen molar-refractivity contribution in [3.63, 3.8) is 0 Å². The van der Waals surface area contributed by atoms with E-state index in [1.54, 1.807) is 0 Å². The highest BCUT2D eigenvalue weighted by Gasteiger charge is 2.35. The van der Waals surface area contributed by atoms with Crippen LogP contribution in [0.5, 0.6) is 0 Å². The van der Waals surface area contributed by atoms with Gasteiger partial charge in [-0.25, -0.2) is 0 Å². The van der Waals surface area contributed by atoms with Gasteiger partial charge in [0.2, 0.25) is 0 Å². The van der Waals surface area contributed by atoms with Crippen molar-refractivity contribution < 1.29 is 0 Å². The van der Waals surface area contributed by atoms with Gasteiger partial charge in [0, 0.05) is 31.5 Å². The molecule has 92 valence electrons. The van der Waals surface area contributed by atoms with Crippen molar-refractivity contribution in [1.82, 2.24) is 9.88 Å². The van der Waals surface area contributed by atoms with Crippen molar-refractivity contribution in [1.29, 1.82) is 0 Å². The lowest BCUT2D eigenvalue weighted by atomic mass is 9.86. The largest absolute Gasteiger partial charge is 0.293 e. The van der Waals surface area contributed by atoms with Crippen LogP contribution in [-0.2, 0) is 6.54 Å². The first-order valence-corrected chi connectivity index (χ1v) is 7.05. The summed E-state index contributed by atoms with van der Waals surface area (Å²) in [7, 11) is 0. The number of nitrogens with zero attached hydrogens (tertiary/aromatic N) is 2. The van der Waals surface area contributed by atoms with Crippen LogP contribution < -0.4 is 0 Å². The van der Waals surface area contributed by atoms with Crippen LogP contribution >= 0.6 is 0 Å². The summed E-state index contributed by atoms with van der Waals surface area (Å²) in [5, 5.41) is 0. The van der Waals surface area contributed by atoms with Crippen LogP contribution in [0.2, 0.25) is 0 Å². The van der Waals surface area contributed by atoms with E-state index in [-0.39, 0.29) is 0 Å². The molecule has 2 atom stereocenters. The predicted octanol–water partition coefficient (Wildman–Crippen LogP) is 3.24. The molecule has 2 heterocycles. The summed E-state index contributed by atoms with van der Waals surface area (Å²) in [4.78, 5) is 6.77. The van der Waals surface area contributed by atoms with E-state index in [4.69, 9.17) is 0 Å². The Kier molecular flexibility index (Phi) is 3.41. The van der Waals surface area contributed by atoms with E-state index in [2.05, 4.69) is 16.0 Å². The lowest BCUT2D eigenvalue weighted by molar-refractivity contribution is 0.319. The standard InChI is InChI=1S/C15H22N2/c1-2-5-13(6-3-1)9-15-12-17(15)11-14-7-4-8-16-10-14/h4,7-8,10,13,15H,1-3,5-6,9,11-12H2/t15-,17?/m1/s1. The fraction of sp³-hybridized carbons (Fsp3) is 0.667. The number of hydrogen-bond donors (Lipinski definition) is 0. The van der Waals surface area contributed by atoms with E-state index in [0.717, 1.165) is 18.5 Å². The second-order valence-corrected chi connectivity index (χ2v) is 5.68. The molecule has 3 rings (SSSR count). The number of rotatable bonds is 4. The molecule has 0 amide bonds. The zero-order valence-corrected chi connectivity index (χ0v) is 10.5. The van der Waals surface area contributed by atoms with E-state index in [1.165, 1.54) is 50.6 Å². The van der Waals surface area contributed by atoms with Crippen LogP contribution in [0.15, 0.2) is 24.5 Å². The summed E-state index contributed by atoms with van der Waals surface area (Å²) in [6.45, 7) is 2.41. The van der Waals surface area contributed by atoms with E-state index >= 15 is 0 Å². The van der Waals surface area contributed by atoms with Gasteiger partial charge in [0.1, 0.15) is 0 Å². The number of hydrogen-bond acceptors (Lipinski definition) is 2. The molecular weight excluding hydrogens is 208 g/mol. The molecule has 1 aliphatic carbocycles. The lowest BCUT2D eigenvalue weighted by Crippen LogP contribution is -2.11. The summed E-state index contributed by atoms with van der Waals surface area (Å²) in [6.07, 6.45) is 12.7. The van der Waals surface area contributed by atoms with Gasteiger partial charge in [-0.2, -0.15) is 0 Å². The topological polar surface area (TPSA) is 15.9 Å². The van der Waals surface area contributed by atoms with E-state index in [0.29, 0.717) is 0 Å². The molecule has 1 saturated heterocycles. The van der Waals surface area contributed by atoms with E-state index in [1.807, 2.05) is 18.5 Å². The monoisotopic (exact) mass is 230 g/mol. The fourth-order valence-corrected chi connectivity index (χ4v) is 3.17. The predicted molar refractivity (Wildman–Crippen MR) is 69.6 cm³/mol. The fourth-order valence-electron chi connectivity index (χ4n) is 3.17. The first kappa shape index (κ1) is 11.2. The highest BCUT2D eigenvalue weighted by atomic mass is 15.3. The van der Waals surface area contributed by atoms with Crippen LogP contribution in [0.25, 0.3) is 0 Å². The molecule has 0 bridgehead atoms. The minimum atomic E-state index is 0.873. The molecule has 2 fully saturated rings. The maximum Gasteiger partial charge on any atom is 0.0312 e. The molecule has 1 aromatic heterocycles. The third kappa shape index (κ3) is 3.06. The molecule has 17 heavy (non-hydrogen) atoms. The molecule has 0 spiro atoms. The Labute approximate surface area is 104 Å². The normalized spacial score (nSPS) is 29.2. The highest BCUT2D eigenvalue weighted by molar-refractivity contribution is 5.10. The molecule has 2 heteroatoms. The Morgan fingerprint density at radius 2 is 2.12 bits per heavy atom. The van der Waals surface area contributed by atoms with Crippen molar-refractivity contribution in [3.05, 3.63) is 30.1 Å². The van der Waals surface area contributed by atoms with Crippen molar-refractivity contribution in [2.45, 2.75) is 51.1 Å². The number of pyridine rings is 1. The van der Waals surface area contributed by atoms with Gasteiger partial charge in [0.25, 0.3) is 0 Å². The third-order valence-electron chi connectivity index (χ3n) is 4.27. The number of aromatic nitrogens is 1. The maximum atomic E-state index is 4.18. The molecule has 0 radical (unpaired) electrons. The van der Waals surface area contributed by atoms with Crippen LogP contribution in [0.1, 0.15) is 44.1 Å². The average Bonchev–Trinajstić information content (AvgIpc) is 3.10. The molecule has 0 N–H and O–H groups in total. The second-order valence-electron chi connectivity index (χ2n) is 5.68. The molecule has 2 nitrogen and oxygen atoms in total. The first-order valence-electron chi connectivity index (χ1n) is 7.05. The third-order valence-corrected chi connectivity index (χ3v) is 4.27. The highest BCUT2D eigenvalue weighted by Crippen LogP contribution is 2.33. The Morgan fingerprint density at radius 1 is 1.24 bits per heavy atom. The molecule has 1 unspecified atom stereocenters. The van der Waals surface area contributed by atoms with Gasteiger partial charge in [-0.3, -0.25) is 9.88 Å². The van der Waals surface area contributed by atoms with Crippen molar-refractivity contribution in [2.24, 2.45) is 5.92 Å². The van der Waals surface area contributed by atoms with Gasteiger partial charge < -0.3 is 0 Å². The summed E-state index contributed by atoms with van der Waals surface area (Å²) in [5.41, 5.74) is 1.36. The van der Waals surface area contributed by atoms with Crippen LogP contribution in [0.4, 0.5) is 0 Å². The van der Waals surface area contributed by atoms with Crippen molar-refractivity contribution in [2.75, 3.05) is 6.54 Å². The van der Waals surface area contributed by atoms with Crippen LogP contribution in [0, 0.1) is 5.92 Å². The maximum absolute atomic E-state index is 4.18. The van der Waals surface area contributed by atoms with Crippen molar-refractivity contribution >= 4 is 0 Å². The molecule has 0 aromatic carbocycles. The quantitative estimate of drug-likeness (QED) is 0.738. The van der Waals surface area contributed by atoms with Gasteiger partial charge in [0.15, 0.2) is 0 Å². The Bertz CT molecular complexity index is 343. The molecule has 1 saturated carbocycles. The molecular formula is C15H22N2. The lowest BCUT2D eigenvalue weighted by Gasteiger charge is -2.21. The van der Waals surface area contributed by atoms with Gasteiger partial charge in [-0.05, 0) is 24.0 Å². The first-order chi connectivity index (χ1) is 8.42. The summed E-state index contributed by atoms with van der Waals surface area (Å²) < 4.78 is 0. The van der Waals surface area contributed by atoms with E-state index in [9.17, 15) is 0 Å². The molecule has 2 aliphatic rings. The Hall–Kier alpha value is -0.890. The Balaban J connectivity index is 1.44. The molecule has 1 aliphatic heterocycles. The van der Waals surface area contributed by atoms with Crippen LogP contribution in [0.3, 0.4) is 0 Å². The van der Waals surface area contributed by atoms with Gasteiger partial charge in [-0.1, -0.05) is 38.2 Å². The molecule has 1 aromatic rings. The smallest absolute Gasteiger partial charge is 0.0312 e. The van der Waals surface area contributed by atoms with Crippen molar-refractivity contribution in [3.8, 4) is 0 Å². The minimum absolute atomic E-state index is 0.873. The summed E-state index contributed by atoms with van der Waals surface area (Å²) >= 11 is 0. The van der Waals surface area contributed by atoms with E-state index < -0.39 is 0 Å². The van der Waals surface area contributed by atoms with Gasteiger partial charge in [0.05, 0.1) is 0 Å². The second kappa shape index (κ2) is 5.18. The SMILES string of the molecule is c1cncc(CN2C[C@H]2CC2CCCCC2)c1. The zero-order chi connectivity index (χ0) is 11.5. The summed E-state index contributed by atoms with van der Waals surface area (Å²) in [5.74, 6) is 1.02. The van der Waals surface area contributed by atoms with Gasteiger partial charge in [-0.15, -0.1) is 0 Å².